The average Bonchev–Trinajstić information content (AvgIpc) is 2.17. The summed E-state index contributed by atoms with van der Waals surface area (Å²) in [6, 6.07) is 1.80. The van der Waals surface area contributed by atoms with E-state index in [-0.39, 0.29) is 0 Å². The third-order valence-electron chi connectivity index (χ3n) is 1.06. The molecule has 0 atom stereocenters. The van der Waals surface area contributed by atoms with Gasteiger partial charge in [-0.15, -0.1) is 0 Å². The zero-order chi connectivity index (χ0) is 11.7. The van der Waals surface area contributed by atoms with Crippen LogP contribution in [-0.4, -0.2) is 32.1 Å². The number of aliphatic carboxylic acids is 2. The Morgan fingerprint density at radius 3 is 1.73 bits per heavy atom. The molecular formula is C9H10N2O4. The molecule has 0 fully saturated rings. The van der Waals surface area contributed by atoms with Gasteiger partial charge in [0, 0.05) is 24.5 Å². The van der Waals surface area contributed by atoms with Crippen molar-refractivity contribution in [3.63, 3.8) is 0 Å². The highest BCUT2D eigenvalue weighted by Gasteiger charge is 1.88. The Bertz CT molecular complexity index is 332. The number of carboxylic acid groups (broad SMARTS) is 2. The molecule has 15 heavy (non-hydrogen) atoms. The molecule has 0 saturated heterocycles. The number of rotatable bonds is 2. The van der Waals surface area contributed by atoms with Crippen LogP contribution in [0.1, 0.15) is 5.82 Å². The molecule has 0 aliphatic carbocycles. The molecule has 1 heterocycles. The third-order valence-corrected chi connectivity index (χ3v) is 1.06. The Labute approximate surface area is 85.9 Å². The monoisotopic (exact) mass is 210 g/mol. The number of aromatic nitrogens is 2. The topological polar surface area (TPSA) is 100 Å². The first-order chi connectivity index (χ1) is 7.02. The van der Waals surface area contributed by atoms with E-state index in [1.165, 1.54) is 0 Å². The summed E-state index contributed by atoms with van der Waals surface area (Å²) in [4.78, 5) is 26.8. The molecule has 0 radical (unpaired) electrons. The van der Waals surface area contributed by atoms with E-state index in [2.05, 4.69) is 9.97 Å². The summed E-state index contributed by atoms with van der Waals surface area (Å²) in [6.45, 7) is 1.86. The van der Waals surface area contributed by atoms with Crippen LogP contribution in [-0.2, 0) is 9.59 Å². The molecule has 0 bridgehead atoms. The largest absolute Gasteiger partial charge is 0.478 e. The van der Waals surface area contributed by atoms with Crippen LogP contribution < -0.4 is 0 Å². The number of hydrogen-bond acceptors (Lipinski definition) is 4. The fourth-order valence-corrected chi connectivity index (χ4v) is 0.516. The van der Waals surface area contributed by atoms with Gasteiger partial charge in [-0.2, -0.15) is 0 Å². The second-order valence-corrected chi connectivity index (χ2v) is 2.31. The molecule has 0 saturated carbocycles. The third kappa shape index (κ3) is 9.68. The smallest absolute Gasteiger partial charge is 0.328 e. The second-order valence-electron chi connectivity index (χ2n) is 2.31. The van der Waals surface area contributed by atoms with Crippen LogP contribution in [0, 0.1) is 6.92 Å². The van der Waals surface area contributed by atoms with Crippen molar-refractivity contribution in [3.05, 3.63) is 36.4 Å². The summed E-state index contributed by atoms with van der Waals surface area (Å²) in [5.41, 5.74) is 0. The van der Waals surface area contributed by atoms with E-state index in [9.17, 15) is 9.59 Å². The molecule has 1 rings (SSSR count). The lowest BCUT2D eigenvalue weighted by Gasteiger charge is -1.81. The van der Waals surface area contributed by atoms with Crippen molar-refractivity contribution in [1.82, 2.24) is 9.97 Å². The van der Waals surface area contributed by atoms with Gasteiger partial charge < -0.3 is 10.2 Å². The van der Waals surface area contributed by atoms with E-state index in [1.807, 2.05) is 6.92 Å². The van der Waals surface area contributed by atoms with Gasteiger partial charge in [0.25, 0.3) is 0 Å². The lowest BCUT2D eigenvalue weighted by Crippen LogP contribution is -1.91. The van der Waals surface area contributed by atoms with Crippen LogP contribution >= 0.6 is 0 Å². The van der Waals surface area contributed by atoms with Crippen molar-refractivity contribution in [2.24, 2.45) is 0 Å². The summed E-state index contributed by atoms with van der Waals surface area (Å²) in [7, 11) is 0. The van der Waals surface area contributed by atoms with Crippen LogP contribution in [0.25, 0.3) is 0 Å². The van der Waals surface area contributed by atoms with Gasteiger partial charge in [0.2, 0.25) is 0 Å². The predicted octanol–water partition coefficient (Wildman–Crippen LogP) is 0.497. The molecule has 0 aliphatic rings. The van der Waals surface area contributed by atoms with Gasteiger partial charge >= 0.3 is 11.9 Å². The van der Waals surface area contributed by atoms with Crippen molar-refractivity contribution < 1.29 is 19.8 Å². The number of nitrogens with zero attached hydrogens (tertiary/aromatic N) is 2. The van der Waals surface area contributed by atoms with Crippen molar-refractivity contribution >= 4 is 11.9 Å². The minimum atomic E-state index is -1.26. The Balaban J connectivity index is 0.000000262. The van der Waals surface area contributed by atoms with Gasteiger partial charge in [-0.3, -0.25) is 0 Å². The van der Waals surface area contributed by atoms with Crippen LogP contribution in [0.15, 0.2) is 30.6 Å². The summed E-state index contributed by atoms with van der Waals surface area (Å²) < 4.78 is 0. The van der Waals surface area contributed by atoms with Crippen LogP contribution in [0.3, 0.4) is 0 Å². The van der Waals surface area contributed by atoms with E-state index in [0.29, 0.717) is 12.2 Å². The van der Waals surface area contributed by atoms with E-state index in [4.69, 9.17) is 10.2 Å². The highest BCUT2D eigenvalue weighted by atomic mass is 16.4. The van der Waals surface area contributed by atoms with Crippen LogP contribution in [0.4, 0.5) is 0 Å². The van der Waals surface area contributed by atoms with Gasteiger partial charge in [0.1, 0.15) is 5.82 Å². The maximum Gasteiger partial charge on any atom is 0.328 e. The van der Waals surface area contributed by atoms with E-state index in [0.717, 1.165) is 5.82 Å². The summed E-state index contributed by atoms with van der Waals surface area (Å²) in [6.07, 6.45) is 4.56. The van der Waals surface area contributed by atoms with Gasteiger partial charge in [-0.25, -0.2) is 19.6 Å². The fourth-order valence-electron chi connectivity index (χ4n) is 0.516. The first kappa shape index (κ1) is 12.8. The maximum absolute atomic E-state index is 9.55. The Kier molecular flexibility index (Phi) is 6.12. The molecular weight excluding hydrogens is 200 g/mol. The lowest BCUT2D eigenvalue weighted by atomic mass is 10.5. The molecule has 0 unspecified atom stereocenters. The number of aryl methyl sites for hydroxylation is 1. The van der Waals surface area contributed by atoms with Gasteiger partial charge in [0.05, 0.1) is 0 Å². The zero-order valence-corrected chi connectivity index (χ0v) is 7.99. The van der Waals surface area contributed by atoms with Gasteiger partial charge in [0.15, 0.2) is 0 Å². The SMILES string of the molecule is Cc1ncccn1.O=C(O)C=CC(=O)O. The first-order valence-corrected chi connectivity index (χ1v) is 3.90. The van der Waals surface area contributed by atoms with Crippen molar-refractivity contribution in [1.29, 1.82) is 0 Å². The molecule has 2 N–H and O–H groups in total. The zero-order valence-electron chi connectivity index (χ0n) is 7.99. The Morgan fingerprint density at radius 2 is 1.53 bits per heavy atom. The highest BCUT2D eigenvalue weighted by molar-refractivity contribution is 5.89. The number of carboxylic acids is 2. The lowest BCUT2D eigenvalue weighted by molar-refractivity contribution is -0.134. The van der Waals surface area contributed by atoms with Crippen LogP contribution in [0.5, 0.6) is 0 Å². The predicted molar refractivity (Wildman–Crippen MR) is 51.2 cm³/mol. The number of carbonyl (C=O) groups is 2. The van der Waals surface area contributed by atoms with E-state index < -0.39 is 11.9 Å². The van der Waals surface area contributed by atoms with Crippen molar-refractivity contribution in [2.45, 2.75) is 6.92 Å². The summed E-state index contributed by atoms with van der Waals surface area (Å²) in [5.74, 6) is -1.69. The Hall–Kier alpha value is -2.24. The minimum absolute atomic E-state index is 0.558. The minimum Gasteiger partial charge on any atom is -0.478 e. The average molecular weight is 210 g/mol. The Morgan fingerprint density at radius 1 is 1.13 bits per heavy atom. The molecule has 0 amide bonds. The standard InChI is InChI=1S/C5H6N2.C4H4O4/c1-5-6-3-2-4-7-5;5-3(6)1-2-4(7)8/h2-4H,1H3;1-2H,(H,5,6)(H,7,8). The van der Waals surface area contributed by atoms with Gasteiger partial charge in [-0.05, 0) is 13.0 Å². The normalized spacial score (nSPS) is 9.13. The molecule has 1 aromatic heterocycles. The molecule has 6 nitrogen and oxygen atoms in total. The molecule has 0 aliphatic heterocycles. The van der Waals surface area contributed by atoms with Crippen molar-refractivity contribution in [3.8, 4) is 0 Å². The summed E-state index contributed by atoms with van der Waals surface area (Å²) >= 11 is 0. The number of hydrogen-bond donors (Lipinski definition) is 2. The van der Waals surface area contributed by atoms with E-state index in [1.54, 1.807) is 18.5 Å². The highest BCUT2D eigenvalue weighted by Crippen LogP contribution is 1.78. The molecule has 0 aromatic carbocycles. The van der Waals surface area contributed by atoms with Gasteiger partial charge in [-0.1, -0.05) is 0 Å². The first-order valence-electron chi connectivity index (χ1n) is 3.90. The molecule has 80 valence electrons. The summed E-state index contributed by atoms with van der Waals surface area (Å²) in [5, 5.41) is 15.6. The molecule has 6 heteroatoms. The van der Waals surface area contributed by atoms with Crippen LogP contribution in [0.2, 0.25) is 0 Å². The van der Waals surface area contributed by atoms with E-state index >= 15 is 0 Å². The maximum atomic E-state index is 9.55. The second kappa shape index (κ2) is 7.19. The quantitative estimate of drug-likeness (QED) is 0.689. The fraction of sp³-hybridized carbons (Fsp3) is 0.111. The molecule has 1 aromatic rings. The van der Waals surface area contributed by atoms with Crippen molar-refractivity contribution in [2.75, 3.05) is 0 Å². The molecule has 0 spiro atoms.